The van der Waals surface area contributed by atoms with Crippen molar-refractivity contribution in [2.24, 2.45) is 0 Å². The third-order valence-electron chi connectivity index (χ3n) is 4.77. The Balaban J connectivity index is 1.83. The monoisotopic (exact) mass is 411 g/mol. The van der Waals surface area contributed by atoms with Gasteiger partial charge in [-0.15, -0.1) is 0 Å². The fourth-order valence-corrected chi connectivity index (χ4v) is 3.22. The summed E-state index contributed by atoms with van der Waals surface area (Å²) in [6, 6.07) is 13.8. The van der Waals surface area contributed by atoms with Crippen LogP contribution in [0.4, 0.5) is 5.95 Å². The summed E-state index contributed by atoms with van der Waals surface area (Å²) in [7, 11) is 4.99. The van der Waals surface area contributed by atoms with Gasteiger partial charge in [-0.1, -0.05) is 0 Å². The van der Waals surface area contributed by atoms with Crippen LogP contribution in [0.15, 0.2) is 48.7 Å². The van der Waals surface area contributed by atoms with E-state index in [1.807, 2.05) is 55.6 Å². The van der Waals surface area contributed by atoms with Gasteiger partial charge in [0.25, 0.3) is 0 Å². The van der Waals surface area contributed by atoms with Crippen LogP contribution in [-0.4, -0.2) is 44.1 Å². The van der Waals surface area contributed by atoms with Gasteiger partial charge in [0.05, 0.1) is 39.3 Å². The molecule has 30 heavy (non-hydrogen) atoms. The van der Waals surface area contributed by atoms with E-state index in [2.05, 4.69) is 14.9 Å². The second kappa shape index (κ2) is 10.5. The van der Waals surface area contributed by atoms with Crippen molar-refractivity contribution in [3.05, 3.63) is 54.2 Å². The maximum absolute atomic E-state index is 5.55. The number of nitrogens with zero attached hydrogens (tertiary/aromatic N) is 2. The summed E-state index contributed by atoms with van der Waals surface area (Å²) < 4.78 is 23.7. The van der Waals surface area contributed by atoms with Gasteiger partial charge < -0.3 is 28.8 Å². The molecule has 7 nitrogen and oxygen atoms in total. The van der Waals surface area contributed by atoms with Crippen LogP contribution in [0.25, 0.3) is 11.3 Å². The molecule has 0 aliphatic rings. The van der Waals surface area contributed by atoms with Gasteiger partial charge >= 0.3 is 0 Å². The lowest BCUT2D eigenvalue weighted by Gasteiger charge is -2.15. The average Bonchev–Trinajstić information content (AvgIpc) is 3.19. The molecular formula is C23H29N3O4. The molecule has 0 bridgehead atoms. The Morgan fingerprint density at radius 3 is 2.40 bits per heavy atom. The van der Waals surface area contributed by atoms with Crippen molar-refractivity contribution >= 4 is 5.95 Å². The highest BCUT2D eigenvalue weighted by Crippen LogP contribution is 2.28. The molecule has 160 valence electrons. The van der Waals surface area contributed by atoms with Crippen molar-refractivity contribution in [1.29, 1.82) is 0 Å². The molecule has 0 unspecified atom stereocenters. The molecule has 1 N–H and O–H groups in total. The zero-order valence-corrected chi connectivity index (χ0v) is 18.0. The summed E-state index contributed by atoms with van der Waals surface area (Å²) >= 11 is 0. The zero-order chi connectivity index (χ0) is 21.3. The Labute approximate surface area is 177 Å². The number of hydrogen-bond donors (Lipinski definition) is 1. The number of aromatic nitrogens is 2. The molecule has 0 saturated carbocycles. The Morgan fingerprint density at radius 2 is 1.73 bits per heavy atom. The Morgan fingerprint density at radius 1 is 0.967 bits per heavy atom. The molecule has 0 amide bonds. The molecule has 7 heteroatoms. The van der Waals surface area contributed by atoms with E-state index in [1.54, 1.807) is 21.3 Å². The number of rotatable bonds is 11. The minimum Gasteiger partial charge on any atom is -0.497 e. The highest BCUT2D eigenvalue weighted by Gasteiger charge is 2.13. The standard InChI is InChI=1S/C23H29N3O4/c1-5-30-19-9-6-17(7-10-19)21-16-25-23(26(21)12-13-27-2)24-15-18-8-11-20(28-3)14-22(18)29-4/h6-11,14,16H,5,12-13,15H2,1-4H3,(H,24,25). The molecule has 2 aromatic carbocycles. The maximum Gasteiger partial charge on any atom is 0.203 e. The molecule has 0 fully saturated rings. The number of methoxy groups -OCH3 is 3. The first-order chi connectivity index (χ1) is 14.7. The van der Waals surface area contributed by atoms with E-state index in [-0.39, 0.29) is 0 Å². The molecule has 3 aromatic rings. The smallest absolute Gasteiger partial charge is 0.203 e. The van der Waals surface area contributed by atoms with E-state index in [9.17, 15) is 0 Å². The highest BCUT2D eigenvalue weighted by molar-refractivity contribution is 5.62. The molecule has 0 atom stereocenters. The van der Waals surface area contributed by atoms with E-state index >= 15 is 0 Å². The van der Waals surface area contributed by atoms with Gasteiger partial charge in [-0.05, 0) is 43.3 Å². The fourth-order valence-electron chi connectivity index (χ4n) is 3.22. The molecule has 1 heterocycles. The number of imidazole rings is 1. The van der Waals surface area contributed by atoms with Gasteiger partial charge in [0, 0.05) is 37.4 Å². The van der Waals surface area contributed by atoms with Crippen molar-refractivity contribution in [1.82, 2.24) is 9.55 Å². The third-order valence-corrected chi connectivity index (χ3v) is 4.77. The lowest BCUT2D eigenvalue weighted by atomic mass is 10.1. The summed E-state index contributed by atoms with van der Waals surface area (Å²) in [5.74, 6) is 3.15. The van der Waals surface area contributed by atoms with E-state index in [4.69, 9.17) is 18.9 Å². The maximum atomic E-state index is 5.55. The van der Waals surface area contributed by atoms with Crippen molar-refractivity contribution in [3.63, 3.8) is 0 Å². The molecule has 0 aliphatic heterocycles. The zero-order valence-electron chi connectivity index (χ0n) is 18.0. The largest absolute Gasteiger partial charge is 0.497 e. The lowest BCUT2D eigenvalue weighted by Crippen LogP contribution is -2.12. The lowest BCUT2D eigenvalue weighted by molar-refractivity contribution is 0.188. The predicted octanol–water partition coefficient (Wildman–Crippen LogP) is 4.22. The Bertz CT molecular complexity index is 938. The number of hydrogen-bond acceptors (Lipinski definition) is 6. The van der Waals surface area contributed by atoms with E-state index < -0.39 is 0 Å². The highest BCUT2D eigenvalue weighted by atomic mass is 16.5. The summed E-state index contributed by atoms with van der Waals surface area (Å²) in [6.07, 6.45) is 1.87. The van der Waals surface area contributed by atoms with Gasteiger partial charge in [-0.3, -0.25) is 0 Å². The van der Waals surface area contributed by atoms with Crippen molar-refractivity contribution in [2.45, 2.75) is 20.0 Å². The van der Waals surface area contributed by atoms with Gasteiger partial charge in [-0.25, -0.2) is 4.98 Å². The SMILES string of the molecule is CCOc1ccc(-c2cnc(NCc3ccc(OC)cc3OC)n2CCOC)cc1. The molecule has 0 radical (unpaired) electrons. The van der Waals surface area contributed by atoms with Crippen molar-refractivity contribution < 1.29 is 18.9 Å². The molecule has 0 spiro atoms. The van der Waals surface area contributed by atoms with Gasteiger partial charge in [0.15, 0.2) is 0 Å². The van der Waals surface area contributed by atoms with Crippen LogP contribution >= 0.6 is 0 Å². The second-order valence-electron chi connectivity index (χ2n) is 6.60. The number of nitrogens with one attached hydrogen (secondary N) is 1. The van der Waals surface area contributed by atoms with Gasteiger partial charge in [0.2, 0.25) is 5.95 Å². The van der Waals surface area contributed by atoms with Crippen LogP contribution in [0.1, 0.15) is 12.5 Å². The van der Waals surface area contributed by atoms with Crippen LogP contribution in [-0.2, 0) is 17.8 Å². The average molecular weight is 412 g/mol. The number of anilines is 1. The van der Waals surface area contributed by atoms with Crippen LogP contribution in [0, 0.1) is 0 Å². The molecule has 0 aliphatic carbocycles. The minimum atomic E-state index is 0.569. The topological polar surface area (TPSA) is 66.8 Å². The minimum absolute atomic E-state index is 0.569. The number of benzene rings is 2. The van der Waals surface area contributed by atoms with Gasteiger partial charge in [-0.2, -0.15) is 0 Å². The first-order valence-electron chi connectivity index (χ1n) is 9.92. The Hall–Kier alpha value is -3.19. The van der Waals surface area contributed by atoms with Gasteiger partial charge in [0.1, 0.15) is 17.2 Å². The van der Waals surface area contributed by atoms with E-state index in [0.717, 1.165) is 40.0 Å². The first-order valence-corrected chi connectivity index (χ1v) is 9.92. The quantitative estimate of drug-likeness (QED) is 0.509. The van der Waals surface area contributed by atoms with E-state index in [0.29, 0.717) is 26.3 Å². The molecular weight excluding hydrogens is 382 g/mol. The molecule has 1 aromatic heterocycles. The third kappa shape index (κ3) is 5.04. The summed E-state index contributed by atoms with van der Waals surface area (Å²) in [5, 5.41) is 3.42. The number of ether oxygens (including phenoxy) is 4. The molecule has 3 rings (SSSR count). The first kappa shape index (κ1) is 21.5. The summed E-state index contributed by atoms with van der Waals surface area (Å²) in [6.45, 7) is 4.46. The predicted molar refractivity (Wildman–Crippen MR) is 118 cm³/mol. The second-order valence-corrected chi connectivity index (χ2v) is 6.60. The van der Waals surface area contributed by atoms with Crippen LogP contribution in [0.5, 0.6) is 17.2 Å². The summed E-state index contributed by atoms with van der Waals surface area (Å²) in [5.41, 5.74) is 3.10. The van der Waals surface area contributed by atoms with Crippen LogP contribution < -0.4 is 19.5 Å². The van der Waals surface area contributed by atoms with Crippen molar-refractivity contribution in [2.75, 3.05) is 39.9 Å². The Kier molecular flexibility index (Phi) is 7.57. The summed E-state index contributed by atoms with van der Waals surface area (Å²) in [4.78, 5) is 4.61. The van der Waals surface area contributed by atoms with Crippen molar-refractivity contribution in [3.8, 4) is 28.5 Å². The van der Waals surface area contributed by atoms with Crippen LogP contribution in [0.3, 0.4) is 0 Å². The normalized spacial score (nSPS) is 10.7. The fraction of sp³-hybridized carbons (Fsp3) is 0.348. The van der Waals surface area contributed by atoms with E-state index in [1.165, 1.54) is 0 Å². The molecule has 0 saturated heterocycles. The van der Waals surface area contributed by atoms with Crippen LogP contribution in [0.2, 0.25) is 0 Å².